The van der Waals surface area contributed by atoms with Crippen molar-refractivity contribution in [3.63, 3.8) is 0 Å². The van der Waals surface area contributed by atoms with Gasteiger partial charge in [-0.3, -0.25) is 0 Å². The van der Waals surface area contributed by atoms with Crippen LogP contribution < -0.4 is 14.5 Å². The Hall–Kier alpha value is -4.79. The first kappa shape index (κ1) is 23.6. The van der Waals surface area contributed by atoms with Crippen LogP contribution in [0.3, 0.4) is 0 Å². The minimum atomic E-state index is -0.432. The van der Waals surface area contributed by atoms with Gasteiger partial charge in [-0.2, -0.15) is 5.10 Å². The third-order valence-corrected chi connectivity index (χ3v) is 6.75. The molecule has 6 rings (SSSR count). The number of hydrazone groups is 1. The van der Waals surface area contributed by atoms with Crippen LogP contribution in [0.15, 0.2) is 84.1 Å². The molecular formula is C29H27N5O4. The van der Waals surface area contributed by atoms with Crippen LogP contribution in [-0.2, 0) is 9.53 Å². The van der Waals surface area contributed by atoms with Crippen molar-refractivity contribution in [3.05, 3.63) is 90.1 Å². The number of cyclic esters (lactones) is 1. The SMILES string of the molecule is COc1ccc(-c2nn(-c3ccccc3)cc2C2N3CCOC(=O)C3=NN2c2ccc(C)cc2)cc1OC. The van der Waals surface area contributed by atoms with Crippen molar-refractivity contribution in [2.75, 3.05) is 32.4 Å². The maximum atomic E-state index is 12.7. The monoisotopic (exact) mass is 509 g/mol. The number of benzene rings is 3. The minimum absolute atomic E-state index is 0.285. The molecule has 0 saturated carbocycles. The standard InChI is InChI=1S/C29H27N5O4/c1-19-9-12-22(13-10-19)34-28(32-15-16-38-29(35)27(32)31-34)23-18-33(21-7-5-4-6-8-21)30-26(23)20-11-14-24(36-2)25(17-20)37-3/h4-14,17-18,28H,15-16H2,1-3H3. The fourth-order valence-corrected chi connectivity index (χ4v) is 4.84. The Bertz CT molecular complexity index is 1510. The van der Waals surface area contributed by atoms with Gasteiger partial charge in [0.1, 0.15) is 12.3 Å². The van der Waals surface area contributed by atoms with Crippen molar-refractivity contribution in [2.45, 2.75) is 13.1 Å². The molecule has 3 heterocycles. The highest BCUT2D eigenvalue weighted by Crippen LogP contribution is 2.42. The number of amidine groups is 1. The summed E-state index contributed by atoms with van der Waals surface area (Å²) in [5, 5.41) is 11.6. The Morgan fingerprint density at radius 1 is 0.921 bits per heavy atom. The predicted octanol–water partition coefficient (Wildman–Crippen LogP) is 4.56. The molecule has 0 amide bonds. The average molecular weight is 510 g/mol. The van der Waals surface area contributed by atoms with Crippen LogP contribution in [0.2, 0.25) is 0 Å². The number of nitrogens with zero attached hydrogens (tertiary/aromatic N) is 5. The van der Waals surface area contributed by atoms with Crippen LogP contribution >= 0.6 is 0 Å². The molecule has 0 radical (unpaired) electrons. The molecule has 0 aliphatic carbocycles. The van der Waals surface area contributed by atoms with Gasteiger partial charge >= 0.3 is 5.97 Å². The molecule has 1 saturated heterocycles. The van der Waals surface area contributed by atoms with Crippen LogP contribution in [0.4, 0.5) is 5.69 Å². The second-order valence-corrected chi connectivity index (χ2v) is 9.09. The van der Waals surface area contributed by atoms with Crippen LogP contribution in [0, 0.1) is 6.92 Å². The normalized spacial score (nSPS) is 16.7. The number of ether oxygens (including phenoxy) is 3. The van der Waals surface area contributed by atoms with Gasteiger partial charge in [-0.15, -0.1) is 5.10 Å². The second-order valence-electron chi connectivity index (χ2n) is 9.09. The maximum absolute atomic E-state index is 12.7. The Morgan fingerprint density at radius 3 is 2.42 bits per heavy atom. The quantitative estimate of drug-likeness (QED) is 0.353. The molecule has 192 valence electrons. The molecule has 38 heavy (non-hydrogen) atoms. The lowest BCUT2D eigenvalue weighted by atomic mass is 10.0. The smallest absolute Gasteiger partial charge is 0.376 e. The zero-order valence-electron chi connectivity index (χ0n) is 21.4. The topological polar surface area (TPSA) is 81.4 Å². The van der Waals surface area contributed by atoms with E-state index in [1.165, 1.54) is 0 Å². The number of morpholine rings is 1. The van der Waals surface area contributed by atoms with Gasteiger partial charge in [0.25, 0.3) is 0 Å². The molecule has 3 aromatic carbocycles. The van der Waals surface area contributed by atoms with Gasteiger partial charge in [-0.05, 0) is 49.4 Å². The summed E-state index contributed by atoms with van der Waals surface area (Å²) in [5.41, 5.74) is 5.39. The predicted molar refractivity (Wildman–Crippen MR) is 144 cm³/mol. The van der Waals surface area contributed by atoms with E-state index in [2.05, 4.69) is 0 Å². The van der Waals surface area contributed by atoms with E-state index >= 15 is 0 Å². The fourth-order valence-electron chi connectivity index (χ4n) is 4.84. The molecule has 2 aliphatic heterocycles. The minimum Gasteiger partial charge on any atom is -0.493 e. The Balaban J connectivity index is 1.55. The third kappa shape index (κ3) is 4.02. The lowest BCUT2D eigenvalue weighted by Crippen LogP contribution is -2.45. The van der Waals surface area contributed by atoms with Gasteiger partial charge in [0, 0.05) is 17.3 Å². The summed E-state index contributed by atoms with van der Waals surface area (Å²) in [7, 11) is 3.22. The summed E-state index contributed by atoms with van der Waals surface area (Å²) in [4.78, 5) is 14.7. The van der Waals surface area contributed by atoms with Crippen LogP contribution in [0.25, 0.3) is 16.9 Å². The van der Waals surface area contributed by atoms with Crippen molar-refractivity contribution in [3.8, 4) is 28.4 Å². The molecule has 1 fully saturated rings. The molecule has 9 nitrogen and oxygen atoms in total. The molecule has 1 atom stereocenters. The van der Waals surface area contributed by atoms with Gasteiger partial charge in [0.2, 0.25) is 5.84 Å². The van der Waals surface area contributed by atoms with Gasteiger partial charge in [0.05, 0.1) is 32.1 Å². The van der Waals surface area contributed by atoms with Crippen molar-refractivity contribution in [1.82, 2.24) is 14.7 Å². The zero-order chi connectivity index (χ0) is 26.2. The molecule has 0 bridgehead atoms. The largest absolute Gasteiger partial charge is 0.493 e. The van der Waals surface area contributed by atoms with E-state index < -0.39 is 12.1 Å². The van der Waals surface area contributed by atoms with Gasteiger partial charge in [-0.25, -0.2) is 14.5 Å². The number of anilines is 1. The lowest BCUT2D eigenvalue weighted by molar-refractivity contribution is -0.139. The Labute approximate surface area is 220 Å². The van der Waals surface area contributed by atoms with Crippen molar-refractivity contribution in [1.29, 1.82) is 0 Å². The summed E-state index contributed by atoms with van der Waals surface area (Å²) in [6, 6.07) is 23.7. The summed E-state index contributed by atoms with van der Waals surface area (Å²) in [6.07, 6.45) is 1.59. The van der Waals surface area contributed by atoms with Crippen molar-refractivity contribution < 1.29 is 19.0 Å². The van der Waals surface area contributed by atoms with E-state index in [-0.39, 0.29) is 12.4 Å². The molecule has 2 aliphatic rings. The number of esters is 1. The van der Waals surface area contributed by atoms with Crippen molar-refractivity contribution >= 4 is 17.5 Å². The highest BCUT2D eigenvalue weighted by Gasteiger charge is 2.44. The number of fused-ring (bicyclic) bond motifs is 1. The summed E-state index contributed by atoms with van der Waals surface area (Å²) >= 11 is 0. The number of para-hydroxylation sites is 1. The maximum Gasteiger partial charge on any atom is 0.376 e. The molecule has 4 aromatic rings. The van der Waals surface area contributed by atoms with E-state index in [1.54, 1.807) is 14.2 Å². The molecule has 0 spiro atoms. The van der Waals surface area contributed by atoms with Gasteiger partial charge in [0.15, 0.2) is 17.7 Å². The molecule has 9 heteroatoms. The molecule has 1 unspecified atom stereocenters. The number of methoxy groups -OCH3 is 2. The van der Waals surface area contributed by atoms with E-state index in [9.17, 15) is 4.79 Å². The number of carbonyl (C=O) groups excluding carboxylic acids is 1. The number of hydrogen-bond acceptors (Lipinski definition) is 8. The summed E-state index contributed by atoms with van der Waals surface area (Å²) in [5.74, 6) is 1.09. The van der Waals surface area contributed by atoms with Crippen molar-refractivity contribution in [2.24, 2.45) is 5.10 Å². The number of hydrogen-bond donors (Lipinski definition) is 0. The first-order valence-electron chi connectivity index (χ1n) is 12.3. The van der Waals surface area contributed by atoms with E-state index in [0.717, 1.165) is 33.8 Å². The second kappa shape index (κ2) is 9.59. The highest BCUT2D eigenvalue weighted by molar-refractivity contribution is 6.36. The molecule has 0 N–H and O–H groups in total. The van der Waals surface area contributed by atoms with Crippen LogP contribution in [0.5, 0.6) is 11.5 Å². The molecular weight excluding hydrogens is 482 g/mol. The number of rotatable bonds is 6. The third-order valence-electron chi connectivity index (χ3n) is 6.75. The van der Waals surface area contributed by atoms with E-state index in [4.69, 9.17) is 24.4 Å². The zero-order valence-corrected chi connectivity index (χ0v) is 21.4. The molecule has 1 aromatic heterocycles. The Kier molecular flexibility index (Phi) is 5.95. The van der Waals surface area contributed by atoms with E-state index in [0.29, 0.717) is 18.0 Å². The first-order chi connectivity index (χ1) is 18.6. The van der Waals surface area contributed by atoms with Gasteiger partial charge < -0.3 is 19.1 Å². The average Bonchev–Trinajstić information content (AvgIpc) is 3.56. The first-order valence-corrected chi connectivity index (χ1v) is 12.3. The Morgan fingerprint density at radius 2 is 1.68 bits per heavy atom. The fraction of sp³-hybridized carbons (Fsp3) is 0.207. The van der Waals surface area contributed by atoms with Crippen LogP contribution in [0.1, 0.15) is 17.3 Å². The number of aromatic nitrogens is 2. The summed E-state index contributed by atoms with van der Waals surface area (Å²) < 4.78 is 18.2. The summed E-state index contributed by atoms with van der Waals surface area (Å²) in [6.45, 7) is 2.84. The number of aryl methyl sites for hydroxylation is 1. The van der Waals surface area contributed by atoms with Crippen LogP contribution in [-0.4, -0.2) is 53.9 Å². The van der Waals surface area contributed by atoms with Gasteiger partial charge in [-0.1, -0.05) is 35.9 Å². The van der Waals surface area contributed by atoms with E-state index in [1.807, 2.05) is 101 Å². The highest BCUT2D eigenvalue weighted by atomic mass is 16.5. The number of carbonyl (C=O) groups is 1. The lowest BCUT2D eigenvalue weighted by Gasteiger charge is -2.33.